The zero-order valence-electron chi connectivity index (χ0n) is 14.0. The fourth-order valence-corrected chi connectivity index (χ4v) is 3.85. The molecule has 0 radical (unpaired) electrons. The quantitative estimate of drug-likeness (QED) is 0.851. The van der Waals surface area contributed by atoms with E-state index < -0.39 is 5.97 Å². The molecule has 130 valence electrons. The zero-order valence-corrected chi connectivity index (χ0v) is 14.8. The standard InChI is InChI=1S/C19H19NO4S/c1-11(2)24-15-8-7-13(19(22)23)9-14(15)20-18(21)17-10-12-5-3-4-6-16(12)25-17/h3-9,11,17H,10H2,1-2H3,(H,20,21)(H,22,23). The summed E-state index contributed by atoms with van der Waals surface area (Å²) in [6.45, 7) is 3.75. The lowest BCUT2D eigenvalue weighted by atomic mass is 10.1. The largest absolute Gasteiger partial charge is 0.489 e. The third-order valence-corrected chi connectivity index (χ3v) is 5.10. The molecular formula is C19H19NO4S. The van der Waals surface area contributed by atoms with Gasteiger partial charge in [0.2, 0.25) is 5.91 Å². The van der Waals surface area contributed by atoms with Gasteiger partial charge in [0.05, 0.1) is 22.6 Å². The summed E-state index contributed by atoms with van der Waals surface area (Å²) in [7, 11) is 0. The smallest absolute Gasteiger partial charge is 0.335 e. The Morgan fingerprint density at radius 2 is 2.00 bits per heavy atom. The lowest BCUT2D eigenvalue weighted by Gasteiger charge is -2.17. The van der Waals surface area contributed by atoms with Crippen LogP contribution in [0.25, 0.3) is 0 Å². The third kappa shape index (κ3) is 3.96. The molecule has 1 heterocycles. The second-order valence-electron chi connectivity index (χ2n) is 6.09. The van der Waals surface area contributed by atoms with Crippen LogP contribution in [-0.4, -0.2) is 28.3 Å². The van der Waals surface area contributed by atoms with Crippen LogP contribution < -0.4 is 10.1 Å². The first-order chi connectivity index (χ1) is 11.9. The van der Waals surface area contributed by atoms with Crippen molar-refractivity contribution in [3.63, 3.8) is 0 Å². The number of carboxylic acid groups (broad SMARTS) is 1. The van der Waals surface area contributed by atoms with Crippen LogP contribution >= 0.6 is 11.8 Å². The van der Waals surface area contributed by atoms with Gasteiger partial charge in [-0.2, -0.15) is 0 Å². The fourth-order valence-electron chi connectivity index (χ4n) is 2.66. The van der Waals surface area contributed by atoms with Crippen LogP contribution in [0, 0.1) is 0 Å². The van der Waals surface area contributed by atoms with Crippen LogP contribution in [0.2, 0.25) is 0 Å². The predicted molar refractivity (Wildman–Crippen MR) is 97.6 cm³/mol. The molecule has 1 unspecified atom stereocenters. The van der Waals surface area contributed by atoms with E-state index in [2.05, 4.69) is 5.32 Å². The predicted octanol–water partition coefficient (Wildman–Crippen LogP) is 3.83. The van der Waals surface area contributed by atoms with Crippen LogP contribution in [0.4, 0.5) is 5.69 Å². The van der Waals surface area contributed by atoms with Crippen molar-refractivity contribution in [1.29, 1.82) is 0 Å². The SMILES string of the molecule is CC(C)Oc1ccc(C(=O)O)cc1NC(=O)C1Cc2ccccc2S1. The van der Waals surface area contributed by atoms with Crippen LogP contribution in [0.3, 0.4) is 0 Å². The molecule has 1 amide bonds. The van der Waals surface area contributed by atoms with Crippen molar-refractivity contribution in [2.24, 2.45) is 0 Å². The first kappa shape index (κ1) is 17.4. The topological polar surface area (TPSA) is 75.6 Å². The Labute approximate surface area is 150 Å². The van der Waals surface area contributed by atoms with Crippen LogP contribution in [0.1, 0.15) is 29.8 Å². The average molecular weight is 357 g/mol. The summed E-state index contributed by atoms with van der Waals surface area (Å²) < 4.78 is 5.69. The average Bonchev–Trinajstić information content (AvgIpc) is 3.00. The van der Waals surface area contributed by atoms with Crippen molar-refractivity contribution >= 4 is 29.3 Å². The molecule has 2 N–H and O–H groups in total. The van der Waals surface area contributed by atoms with E-state index in [1.165, 1.54) is 23.9 Å². The van der Waals surface area contributed by atoms with Crippen molar-refractivity contribution in [3.8, 4) is 5.75 Å². The number of anilines is 1. The number of thioether (sulfide) groups is 1. The number of ether oxygens (including phenoxy) is 1. The molecule has 25 heavy (non-hydrogen) atoms. The van der Waals surface area contributed by atoms with Crippen molar-refractivity contribution in [2.75, 3.05) is 5.32 Å². The summed E-state index contributed by atoms with van der Waals surface area (Å²) in [6.07, 6.45) is 0.572. The van der Waals surface area contributed by atoms with E-state index in [1.807, 2.05) is 38.1 Å². The Morgan fingerprint density at radius 1 is 1.24 bits per heavy atom. The van der Waals surface area contributed by atoms with Crippen molar-refractivity contribution in [3.05, 3.63) is 53.6 Å². The highest BCUT2D eigenvalue weighted by molar-refractivity contribution is 8.01. The van der Waals surface area contributed by atoms with E-state index >= 15 is 0 Å². The van der Waals surface area contributed by atoms with E-state index in [1.54, 1.807) is 6.07 Å². The monoisotopic (exact) mass is 357 g/mol. The van der Waals surface area contributed by atoms with E-state index in [4.69, 9.17) is 4.74 Å². The molecule has 1 aliphatic heterocycles. The summed E-state index contributed by atoms with van der Waals surface area (Å²) in [5.74, 6) is -0.736. The van der Waals surface area contributed by atoms with Gasteiger partial charge in [0.15, 0.2) is 0 Å². The Bertz CT molecular complexity index is 794. The highest BCUT2D eigenvalue weighted by Gasteiger charge is 2.28. The number of benzene rings is 2. The number of amides is 1. The second kappa shape index (κ2) is 7.19. The lowest BCUT2D eigenvalue weighted by molar-refractivity contribution is -0.115. The Morgan fingerprint density at radius 3 is 2.68 bits per heavy atom. The van der Waals surface area contributed by atoms with Crippen molar-refractivity contribution in [1.82, 2.24) is 0 Å². The number of carbonyl (C=O) groups excluding carboxylic acids is 1. The van der Waals surface area contributed by atoms with Gasteiger partial charge in [-0.25, -0.2) is 4.79 Å². The van der Waals surface area contributed by atoms with Gasteiger partial charge in [-0.3, -0.25) is 4.79 Å². The molecule has 6 heteroatoms. The van der Waals surface area contributed by atoms with Gasteiger partial charge in [0.25, 0.3) is 0 Å². The van der Waals surface area contributed by atoms with Gasteiger partial charge in [0, 0.05) is 4.90 Å². The van der Waals surface area contributed by atoms with E-state index in [9.17, 15) is 14.7 Å². The highest BCUT2D eigenvalue weighted by atomic mass is 32.2. The number of hydrogen-bond acceptors (Lipinski definition) is 4. The van der Waals surface area contributed by atoms with Gasteiger partial charge in [-0.15, -0.1) is 11.8 Å². The van der Waals surface area contributed by atoms with E-state index in [0.29, 0.717) is 17.9 Å². The molecule has 0 saturated carbocycles. The molecule has 0 spiro atoms. The minimum absolute atomic E-state index is 0.0866. The van der Waals surface area contributed by atoms with E-state index in [-0.39, 0.29) is 22.8 Å². The first-order valence-corrected chi connectivity index (χ1v) is 8.91. The number of carbonyl (C=O) groups is 2. The number of aromatic carboxylic acids is 1. The molecule has 0 aromatic heterocycles. The van der Waals surface area contributed by atoms with Gasteiger partial charge >= 0.3 is 5.97 Å². The third-order valence-electron chi connectivity index (χ3n) is 3.79. The summed E-state index contributed by atoms with van der Waals surface area (Å²) in [5.41, 5.74) is 1.65. The number of fused-ring (bicyclic) bond motifs is 1. The Hall–Kier alpha value is -2.47. The molecule has 2 aromatic carbocycles. The van der Waals surface area contributed by atoms with E-state index in [0.717, 1.165) is 10.5 Å². The molecule has 3 rings (SSSR count). The van der Waals surface area contributed by atoms with Gasteiger partial charge in [-0.1, -0.05) is 18.2 Å². The molecule has 1 atom stereocenters. The van der Waals surface area contributed by atoms with Crippen molar-refractivity contribution in [2.45, 2.75) is 36.5 Å². The maximum atomic E-state index is 12.7. The molecule has 0 fully saturated rings. The maximum absolute atomic E-state index is 12.7. The van der Waals surface area contributed by atoms with Crippen LogP contribution in [0.5, 0.6) is 5.75 Å². The van der Waals surface area contributed by atoms with Crippen LogP contribution in [-0.2, 0) is 11.2 Å². The van der Waals surface area contributed by atoms with Gasteiger partial charge in [0.1, 0.15) is 5.75 Å². The number of hydrogen-bond donors (Lipinski definition) is 2. The molecule has 0 aliphatic carbocycles. The first-order valence-electron chi connectivity index (χ1n) is 8.03. The highest BCUT2D eigenvalue weighted by Crippen LogP contribution is 2.38. The minimum Gasteiger partial charge on any atom is -0.489 e. The number of carboxylic acids is 1. The van der Waals surface area contributed by atoms with Crippen LogP contribution in [0.15, 0.2) is 47.4 Å². The summed E-state index contributed by atoms with van der Waals surface area (Å²) in [5, 5.41) is 11.8. The zero-order chi connectivity index (χ0) is 18.0. The normalized spacial score (nSPS) is 15.7. The molecular weight excluding hydrogens is 338 g/mol. The summed E-state index contributed by atoms with van der Waals surface area (Å²) in [4.78, 5) is 25.0. The summed E-state index contributed by atoms with van der Waals surface area (Å²) >= 11 is 1.52. The fraction of sp³-hybridized carbons (Fsp3) is 0.263. The van der Waals surface area contributed by atoms with Gasteiger partial charge < -0.3 is 15.2 Å². The second-order valence-corrected chi connectivity index (χ2v) is 7.33. The maximum Gasteiger partial charge on any atom is 0.335 e. The number of rotatable bonds is 5. The molecule has 0 saturated heterocycles. The van der Waals surface area contributed by atoms with Crippen molar-refractivity contribution < 1.29 is 19.4 Å². The minimum atomic E-state index is -1.05. The van der Waals surface area contributed by atoms with Gasteiger partial charge in [-0.05, 0) is 50.1 Å². The Kier molecular flexibility index (Phi) is 4.99. The molecule has 5 nitrogen and oxygen atoms in total. The summed E-state index contributed by atoms with van der Waals surface area (Å²) in [6, 6.07) is 12.4. The Balaban J connectivity index is 1.80. The molecule has 1 aliphatic rings. The molecule has 0 bridgehead atoms. The molecule has 2 aromatic rings. The number of nitrogens with one attached hydrogen (secondary N) is 1. The lowest BCUT2D eigenvalue weighted by Crippen LogP contribution is -2.25.